The van der Waals surface area contributed by atoms with Crippen LogP contribution in [0.25, 0.3) is 0 Å². The summed E-state index contributed by atoms with van der Waals surface area (Å²) in [6.45, 7) is 2.93. The number of nitrogens with one attached hydrogen (secondary N) is 1. The van der Waals surface area contributed by atoms with Gasteiger partial charge >= 0.3 is 0 Å². The van der Waals surface area contributed by atoms with Gasteiger partial charge in [-0.15, -0.1) is 11.8 Å². The van der Waals surface area contributed by atoms with Gasteiger partial charge in [0.05, 0.1) is 10.6 Å². The molecule has 0 saturated heterocycles. The summed E-state index contributed by atoms with van der Waals surface area (Å²) in [5.41, 5.74) is 0.767. The van der Waals surface area contributed by atoms with Crippen molar-refractivity contribution in [2.45, 2.75) is 22.0 Å². The Balaban J connectivity index is 2.56. The quantitative estimate of drug-likeness (QED) is 0.819. The molecule has 1 unspecified atom stereocenters. The fourth-order valence-electron chi connectivity index (χ4n) is 1.60. The van der Waals surface area contributed by atoms with Gasteiger partial charge in [0.15, 0.2) is 9.84 Å². The molecule has 1 aliphatic rings. The van der Waals surface area contributed by atoms with Crippen LogP contribution in [0.5, 0.6) is 0 Å². The summed E-state index contributed by atoms with van der Waals surface area (Å²) < 4.78 is 23.1. The first-order chi connectivity index (χ1) is 6.98. The van der Waals surface area contributed by atoms with Crippen LogP contribution in [-0.2, 0) is 9.84 Å². The second-order valence-electron chi connectivity index (χ2n) is 3.71. The molecule has 1 aliphatic heterocycles. The van der Waals surface area contributed by atoms with E-state index < -0.39 is 9.84 Å². The average molecular weight is 243 g/mol. The molecule has 1 atom stereocenters. The Morgan fingerprint density at radius 2 is 2.20 bits per heavy atom. The number of rotatable bonds is 1. The Labute approximate surface area is 94.2 Å². The van der Waals surface area contributed by atoms with Gasteiger partial charge in [-0.05, 0) is 12.1 Å². The second kappa shape index (κ2) is 3.72. The Bertz CT molecular complexity index is 482. The molecule has 3 nitrogen and oxygen atoms in total. The van der Waals surface area contributed by atoms with E-state index >= 15 is 0 Å². The summed E-state index contributed by atoms with van der Waals surface area (Å²) >= 11 is 1.72. The van der Waals surface area contributed by atoms with E-state index in [9.17, 15) is 8.42 Å². The Morgan fingerprint density at radius 1 is 1.47 bits per heavy atom. The Morgan fingerprint density at radius 3 is 2.87 bits per heavy atom. The molecule has 0 spiro atoms. The molecule has 0 saturated carbocycles. The summed E-state index contributed by atoms with van der Waals surface area (Å²) in [5.74, 6) is 0. The fourth-order valence-corrected chi connectivity index (χ4v) is 3.60. The van der Waals surface area contributed by atoms with E-state index in [1.54, 1.807) is 23.9 Å². The maximum atomic E-state index is 11.5. The maximum absolute atomic E-state index is 11.5. The van der Waals surface area contributed by atoms with Crippen LogP contribution in [0.15, 0.2) is 28.0 Å². The lowest BCUT2D eigenvalue weighted by molar-refractivity contribution is 0.602. The topological polar surface area (TPSA) is 46.2 Å². The molecule has 0 fully saturated rings. The van der Waals surface area contributed by atoms with Gasteiger partial charge in [-0.2, -0.15) is 0 Å². The number of hydrogen-bond donors (Lipinski definition) is 1. The summed E-state index contributed by atoms with van der Waals surface area (Å²) in [4.78, 5) is 1.43. The zero-order chi connectivity index (χ0) is 11.1. The van der Waals surface area contributed by atoms with Crippen molar-refractivity contribution >= 4 is 27.3 Å². The predicted octanol–water partition coefficient (Wildman–Crippen LogP) is 2.00. The lowest BCUT2D eigenvalue weighted by Crippen LogP contribution is -2.20. The molecule has 82 valence electrons. The number of benzene rings is 1. The van der Waals surface area contributed by atoms with Crippen LogP contribution in [0.4, 0.5) is 5.69 Å². The minimum Gasteiger partial charge on any atom is -0.382 e. The van der Waals surface area contributed by atoms with Gasteiger partial charge in [-0.25, -0.2) is 8.42 Å². The lowest BCUT2D eigenvalue weighted by Gasteiger charge is -2.24. The highest BCUT2D eigenvalue weighted by Gasteiger charge is 2.21. The average Bonchev–Trinajstić information content (AvgIpc) is 2.15. The van der Waals surface area contributed by atoms with Gasteiger partial charge in [0.25, 0.3) is 0 Å². The third-order valence-corrected chi connectivity index (χ3v) is 4.58. The largest absolute Gasteiger partial charge is 0.382 e. The first-order valence-electron chi connectivity index (χ1n) is 4.72. The third-order valence-electron chi connectivity index (χ3n) is 2.28. The number of para-hydroxylation sites is 1. The van der Waals surface area contributed by atoms with Gasteiger partial charge in [0.1, 0.15) is 0 Å². The van der Waals surface area contributed by atoms with Crippen molar-refractivity contribution in [3.05, 3.63) is 18.2 Å². The molecule has 5 heteroatoms. The summed E-state index contributed by atoms with van der Waals surface area (Å²) in [6.07, 6.45) is 1.24. The molecule has 15 heavy (non-hydrogen) atoms. The van der Waals surface area contributed by atoms with Crippen molar-refractivity contribution in [1.29, 1.82) is 0 Å². The maximum Gasteiger partial charge on any atom is 0.177 e. The number of fused-ring (bicyclic) bond motifs is 1. The SMILES string of the molecule is CC1CNc2c(cccc2S(C)(=O)=O)S1. The zero-order valence-electron chi connectivity index (χ0n) is 8.65. The van der Waals surface area contributed by atoms with Crippen LogP contribution < -0.4 is 5.32 Å². The minimum absolute atomic E-state index is 0.402. The molecular weight excluding hydrogens is 230 g/mol. The normalized spacial score (nSPS) is 20.5. The van der Waals surface area contributed by atoms with Crippen LogP contribution in [0.1, 0.15) is 6.92 Å². The minimum atomic E-state index is -3.14. The van der Waals surface area contributed by atoms with Crippen LogP contribution in [0.3, 0.4) is 0 Å². The van der Waals surface area contributed by atoms with Crippen molar-refractivity contribution in [2.24, 2.45) is 0 Å². The highest BCUT2D eigenvalue weighted by Crippen LogP contribution is 2.38. The van der Waals surface area contributed by atoms with Crippen LogP contribution in [0, 0.1) is 0 Å². The standard InChI is InChI=1S/C10H13NO2S2/c1-7-6-11-10-8(14-7)4-3-5-9(10)15(2,12)13/h3-5,7,11H,6H2,1-2H3. The molecule has 0 radical (unpaired) electrons. The molecule has 2 rings (SSSR count). The van der Waals surface area contributed by atoms with Crippen molar-refractivity contribution in [3.63, 3.8) is 0 Å². The summed E-state index contributed by atoms with van der Waals surface area (Å²) in [5, 5.41) is 3.67. The Kier molecular flexibility index (Phi) is 2.68. The molecule has 0 amide bonds. The van der Waals surface area contributed by atoms with Crippen LogP contribution >= 0.6 is 11.8 Å². The van der Waals surface area contributed by atoms with Crippen molar-refractivity contribution in [2.75, 3.05) is 18.1 Å². The number of thioether (sulfide) groups is 1. The van der Waals surface area contributed by atoms with Gasteiger partial charge in [0.2, 0.25) is 0 Å². The molecule has 1 N–H and O–H groups in total. The third kappa shape index (κ3) is 2.13. The zero-order valence-corrected chi connectivity index (χ0v) is 10.3. The van der Waals surface area contributed by atoms with Gasteiger partial charge in [-0.1, -0.05) is 13.0 Å². The van der Waals surface area contributed by atoms with Crippen molar-refractivity contribution < 1.29 is 8.42 Å². The molecule has 0 aromatic heterocycles. The van der Waals surface area contributed by atoms with E-state index in [1.807, 2.05) is 6.07 Å². The van der Waals surface area contributed by atoms with Gasteiger partial charge in [0, 0.05) is 22.9 Å². The van der Waals surface area contributed by atoms with E-state index in [4.69, 9.17) is 0 Å². The first kappa shape index (κ1) is 10.8. The molecule has 1 aromatic rings. The Hall–Kier alpha value is -0.680. The first-order valence-corrected chi connectivity index (χ1v) is 7.49. The van der Waals surface area contributed by atoms with Crippen LogP contribution in [-0.4, -0.2) is 26.5 Å². The fraction of sp³-hybridized carbons (Fsp3) is 0.400. The number of hydrogen-bond acceptors (Lipinski definition) is 4. The van der Waals surface area contributed by atoms with Gasteiger partial charge < -0.3 is 5.32 Å². The van der Waals surface area contributed by atoms with Crippen molar-refractivity contribution in [3.8, 4) is 0 Å². The number of sulfone groups is 1. The smallest absolute Gasteiger partial charge is 0.177 e. The van der Waals surface area contributed by atoms with E-state index in [-0.39, 0.29) is 0 Å². The summed E-state index contributed by atoms with van der Waals surface area (Å²) in [7, 11) is -3.14. The molecule has 1 aromatic carbocycles. The number of anilines is 1. The molecule has 0 bridgehead atoms. The monoisotopic (exact) mass is 243 g/mol. The van der Waals surface area contributed by atoms with E-state index in [2.05, 4.69) is 12.2 Å². The highest BCUT2D eigenvalue weighted by molar-refractivity contribution is 8.00. The summed E-state index contributed by atoms with van der Waals surface area (Å²) in [6, 6.07) is 5.40. The predicted molar refractivity (Wildman–Crippen MR) is 63.4 cm³/mol. The van der Waals surface area contributed by atoms with Gasteiger partial charge in [-0.3, -0.25) is 0 Å². The lowest BCUT2D eigenvalue weighted by atomic mass is 10.3. The van der Waals surface area contributed by atoms with E-state index in [0.717, 1.165) is 17.1 Å². The molecule has 0 aliphatic carbocycles. The molecular formula is C10H13NO2S2. The molecule has 1 heterocycles. The van der Waals surface area contributed by atoms with Crippen molar-refractivity contribution in [1.82, 2.24) is 0 Å². The van der Waals surface area contributed by atoms with E-state index in [0.29, 0.717) is 10.1 Å². The second-order valence-corrected chi connectivity index (χ2v) is 7.18. The van der Waals surface area contributed by atoms with E-state index in [1.165, 1.54) is 6.26 Å². The highest BCUT2D eigenvalue weighted by atomic mass is 32.2. The van der Waals surface area contributed by atoms with Crippen LogP contribution in [0.2, 0.25) is 0 Å².